The van der Waals surface area contributed by atoms with E-state index in [0.717, 1.165) is 0 Å². The molecular weight excluding hydrogens is 411 g/mol. The lowest BCUT2D eigenvalue weighted by atomic mass is 10.1. The van der Waals surface area contributed by atoms with Crippen LogP contribution in [0.5, 0.6) is 5.75 Å². The van der Waals surface area contributed by atoms with Crippen LogP contribution in [0, 0.1) is 0 Å². The minimum Gasteiger partial charge on any atom is -0.496 e. The van der Waals surface area contributed by atoms with Crippen molar-refractivity contribution < 1.29 is 17.9 Å². The molecular formula is C18H18Cl2N2O4S. The van der Waals surface area contributed by atoms with Crippen molar-refractivity contribution in [1.82, 2.24) is 9.21 Å². The van der Waals surface area contributed by atoms with Crippen LogP contribution in [-0.4, -0.2) is 56.8 Å². The van der Waals surface area contributed by atoms with E-state index >= 15 is 0 Å². The Hall–Kier alpha value is -1.80. The Balaban J connectivity index is 1.73. The van der Waals surface area contributed by atoms with Gasteiger partial charge in [-0.1, -0.05) is 29.3 Å². The van der Waals surface area contributed by atoms with Crippen molar-refractivity contribution in [3.8, 4) is 5.75 Å². The van der Waals surface area contributed by atoms with Crippen molar-refractivity contribution in [3.05, 3.63) is 58.1 Å². The van der Waals surface area contributed by atoms with Crippen LogP contribution in [0.15, 0.2) is 47.4 Å². The largest absolute Gasteiger partial charge is 0.496 e. The SMILES string of the molecule is COc1cc(Cl)ccc1C(=O)N1CCN(S(=O)(=O)c2cccc(Cl)c2)CC1. The fourth-order valence-electron chi connectivity index (χ4n) is 2.92. The molecule has 0 N–H and O–H groups in total. The summed E-state index contributed by atoms with van der Waals surface area (Å²) < 4.78 is 32.1. The molecule has 0 spiro atoms. The zero-order chi connectivity index (χ0) is 19.6. The number of amides is 1. The van der Waals surface area contributed by atoms with Crippen molar-refractivity contribution in [3.63, 3.8) is 0 Å². The summed E-state index contributed by atoms with van der Waals surface area (Å²) >= 11 is 11.8. The molecule has 1 heterocycles. The quantitative estimate of drug-likeness (QED) is 0.749. The van der Waals surface area contributed by atoms with Gasteiger partial charge >= 0.3 is 0 Å². The third-order valence-corrected chi connectivity index (χ3v) is 6.72. The van der Waals surface area contributed by atoms with Crippen LogP contribution < -0.4 is 4.74 Å². The first kappa shape index (κ1) is 19.9. The minimum atomic E-state index is -3.65. The van der Waals surface area contributed by atoms with E-state index < -0.39 is 10.0 Å². The maximum Gasteiger partial charge on any atom is 0.257 e. The maximum atomic E-state index is 12.8. The van der Waals surface area contributed by atoms with Gasteiger partial charge in [0.15, 0.2) is 0 Å². The molecule has 1 aliphatic rings. The zero-order valence-electron chi connectivity index (χ0n) is 14.6. The lowest BCUT2D eigenvalue weighted by Crippen LogP contribution is -2.50. The average molecular weight is 429 g/mol. The Morgan fingerprint density at radius 1 is 1.00 bits per heavy atom. The highest BCUT2D eigenvalue weighted by molar-refractivity contribution is 7.89. The summed E-state index contributed by atoms with van der Waals surface area (Å²) in [6.07, 6.45) is 0. The standard InChI is InChI=1S/C18H18Cl2N2O4S/c1-26-17-12-14(20)5-6-16(17)18(23)21-7-9-22(10-8-21)27(24,25)15-4-2-3-13(19)11-15/h2-6,11-12H,7-10H2,1H3. The lowest BCUT2D eigenvalue weighted by molar-refractivity contribution is 0.0694. The number of piperazine rings is 1. The molecule has 3 rings (SSSR count). The Morgan fingerprint density at radius 3 is 2.30 bits per heavy atom. The van der Waals surface area contributed by atoms with E-state index in [9.17, 15) is 13.2 Å². The molecule has 0 atom stereocenters. The van der Waals surface area contributed by atoms with Gasteiger partial charge in [-0.25, -0.2) is 8.42 Å². The summed E-state index contributed by atoms with van der Waals surface area (Å²) in [5.74, 6) is 0.171. The number of rotatable bonds is 4. The molecule has 0 bridgehead atoms. The van der Waals surface area contributed by atoms with Crippen molar-refractivity contribution in [2.75, 3.05) is 33.3 Å². The first-order valence-corrected chi connectivity index (χ1v) is 10.4. The van der Waals surface area contributed by atoms with E-state index in [1.807, 2.05) is 0 Å². The fraction of sp³-hybridized carbons (Fsp3) is 0.278. The van der Waals surface area contributed by atoms with Gasteiger partial charge in [0.05, 0.1) is 17.6 Å². The number of halogens is 2. The van der Waals surface area contributed by atoms with Gasteiger partial charge in [0.2, 0.25) is 10.0 Å². The molecule has 6 nitrogen and oxygen atoms in total. The van der Waals surface area contributed by atoms with Gasteiger partial charge in [0, 0.05) is 36.2 Å². The highest BCUT2D eigenvalue weighted by Crippen LogP contribution is 2.26. The molecule has 0 aromatic heterocycles. The summed E-state index contributed by atoms with van der Waals surface area (Å²) in [7, 11) is -2.18. The molecule has 1 amide bonds. The Morgan fingerprint density at radius 2 is 1.67 bits per heavy atom. The Bertz CT molecular complexity index is 958. The van der Waals surface area contributed by atoms with E-state index in [-0.39, 0.29) is 37.0 Å². The summed E-state index contributed by atoms with van der Waals surface area (Å²) in [5, 5.41) is 0.834. The number of nitrogens with zero attached hydrogens (tertiary/aromatic N) is 2. The van der Waals surface area contributed by atoms with Crippen LogP contribution >= 0.6 is 23.2 Å². The molecule has 9 heteroatoms. The van der Waals surface area contributed by atoms with Crippen LogP contribution in [0.4, 0.5) is 0 Å². The van der Waals surface area contributed by atoms with Gasteiger partial charge in [-0.05, 0) is 36.4 Å². The van der Waals surface area contributed by atoms with Gasteiger partial charge < -0.3 is 9.64 Å². The molecule has 0 unspecified atom stereocenters. The van der Waals surface area contributed by atoms with Gasteiger partial charge in [0.25, 0.3) is 5.91 Å². The number of benzene rings is 2. The molecule has 144 valence electrons. The van der Waals surface area contributed by atoms with Crippen LogP contribution in [0.2, 0.25) is 10.0 Å². The Labute approximate surface area is 168 Å². The van der Waals surface area contributed by atoms with Crippen LogP contribution in [0.25, 0.3) is 0 Å². The van der Waals surface area contributed by atoms with Crippen molar-refractivity contribution in [2.45, 2.75) is 4.90 Å². The summed E-state index contributed by atoms with van der Waals surface area (Å²) in [5.41, 5.74) is 0.396. The first-order valence-electron chi connectivity index (χ1n) is 8.21. The van der Waals surface area contributed by atoms with E-state index in [1.54, 1.807) is 35.2 Å². The number of ether oxygens (including phenoxy) is 1. The number of hydrogen-bond donors (Lipinski definition) is 0. The number of carbonyl (C=O) groups excluding carboxylic acids is 1. The molecule has 2 aromatic rings. The zero-order valence-corrected chi connectivity index (χ0v) is 16.9. The third-order valence-electron chi connectivity index (χ3n) is 4.35. The molecule has 27 heavy (non-hydrogen) atoms. The molecule has 0 saturated carbocycles. The second-order valence-corrected chi connectivity index (χ2v) is 8.81. The number of hydrogen-bond acceptors (Lipinski definition) is 4. The second-order valence-electron chi connectivity index (χ2n) is 6.00. The molecule has 2 aromatic carbocycles. The van der Waals surface area contributed by atoms with Crippen LogP contribution in [0.1, 0.15) is 10.4 Å². The molecule has 1 fully saturated rings. The molecule has 0 radical (unpaired) electrons. The number of sulfonamides is 1. The summed E-state index contributed by atoms with van der Waals surface area (Å²) in [6, 6.07) is 11.0. The summed E-state index contributed by atoms with van der Waals surface area (Å²) in [4.78, 5) is 14.5. The molecule has 1 saturated heterocycles. The van der Waals surface area contributed by atoms with E-state index in [2.05, 4.69) is 0 Å². The highest BCUT2D eigenvalue weighted by Gasteiger charge is 2.31. The van der Waals surface area contributed by atoms with E-state index in [4.69, 9.17) is 27.9 Å². The van der Waals surface area contributed by atoms with Gasteiger partial charge in [-0.2, -0.15) is 4.31 Å². The minimum absolute atomic E-state index is 0.147. The van der Waals surface area contributed by atoms with E-state index in [0.29, 0.717) is 21.4 Å². The fourth-order valence-corrected chi connectivity index (χ4v) is 4.81. The second kappa shape index (κ2) is 8.06. The first-order chi connectivity index (χ1) is 12.8. The summed E-state index contributed by atoms with van der Waals surface area (Å²) in [6.45, 7) is 0.974. The predicted molar refractivity (Wildman–Crippen MR) is 104 cm³/mol. The average Bonchev–Trinajstić information content (AvgIpc) is 2.67. The van der Waals surface area contributed by atoms with Gasteiger partial charge in [0.1, 0.15) is 5.75 Å². The van der Waals surface area contributed by atoms with Crippen LogP contribution in [0.3, 0.4) is 0 Å². The van der Waals surface area contributed by atoms with Crippen molar-refractivity contribution >= 4 is 39.1 Å². The van der Waals surface area contributed by atoms with Crippen molar-refractivity contribution in [2.24, 2.45) is 0 Å². The highest BCUT2D eigenvalue weighted by atomic mass is 35.5. The topological polar surface area (TPSA) is 66.9 Å². The number of methoxy groups -OCH3 is 1. The predicted octanol–water partition coefficient (Wildman–Crippen LogP) is 3.15. The van der Waals surface area contributed by atoms with Crippen molar-refractivity contribution in [1.29, 1.82) is 0 Å². The normalized spacial score (nSPS) is 15.6. The van der Waals surface area contributed by atoms with E-state index in [1.165, 1.54) is 23.5 Å². The van der Waals surface area contributed by atoms with Gasteiger partial charge in [-0.3, -0.25) is 4.79 Å². The molecule has 0 aliphatic carbocycles. The molecule has 1 aliphatic heterocycles. The van der Waals surface area contributed by atoms with Crippen LogP contribution in [-0.2, 0) is 10.0 Å². The maximum absolute atomic E-state index is 12.8. The van der Waals surface area contributed by atoms with Gasteiger partial charge in [-0.15, -0.1) is 0 Å². The Kier molecular flexibility index (Phi) is 5.95. The number of carbonyl (C=O) groups is 1. The third kappa shape index (κ3) is 4.21. The smallest absolute Gasteiger partial charge is 0.257 e. The monoisotopic (exact) mass is 428 g/mol. The lowest BCUT2D eigenvalue weighted by Gasteiger charge is -2.34.